The number of carbonyl (C=O) groups excluding carboxylic acids is 1. The number of allylic oxidation sites excluding steroid dienone is 2. The molecule has 0 spiro atoms. The first kappa shape index (κ1) is 15.0. The Morgan fingerprint density at radius 3 is 2.90 bits per heavy atom. The Kier molecular flexibility index (Phi) is 4.58. The van der Waals surface area contributed by atoms with E-state index in [4.69, 9.17) is 9.84 Å². The number of ketones is 1. The van der Waals surface area contributed by atoms with E-state index in [9.17, 15) is 9.59 Å². The van der Waals surface area contributed by atoms with Gasteiger partial charge in [0.2, 0.25) is 0 Å². The molecule has 21 heavy (non-hydrogen) atoms. The van der Waals surface area contributed by atoms with Gasteiger partial charge in [-0.05, 0) is 29.7 Å². The van der Waals surface area contributed by atoms with Gasteiger partial charge in [0.25, 0.3) is 0 Å². The molecule has 0 fully saturated rings. The zero-order chi connectivity index (χ0) is 15.4. The van der Waals surface area contributed by atoms with E-state index in [2.05, 4.69) is 6.58 Å². The summed E-state index contributed by atoms with van der Waals surface area (Å²) in [5.41, 5.74) is 3.17. The molecule has 1 atom stereocenters. The Balaban J connectivity index is 2.02. The van der Waals surface area contributed by atoms with E-state index in [-0.39, 0.29) is 18.6 Å². The van der Waals surface area contributed by atoms with Gasteiger partial charge in [-0.25, -0.2) is 0 Å². The number of ether oxygens (including phenoxy) is 1. The molecule has 2 rings (SSSR count). The maximum Gasteiger partial charge on any atom is 0.314 e. The average Bonchev–Trinajstić information content (AvgIpc) is 2.47. The zero-order valence-electron chi connectivity index (χ0n) is 12.0. The molecule has 1 aromatic rings. The van der Waals surface area contributed by atoms with Crippen molar-refractivity contribution < 1.29 is 19.4 Å². The number of carboxylic acid groups (broad SMARTS) is 1. The van der Waals surface area contributed by atoms with E-state index in [0.717, 1.165) is 16.7 Å². The van der Waals surface area contributed by atoms with Gasteiger partial charge in [-0.1, -0.05) is 30.9 Å². The van der Waals surface area contributed by atoms with Crippen LogP contribution in [0.1, 0.15) is 29.5 Å². The van der Waals surface area contributed by atoms with Crippen LogP contribution in [0.15, 0.2) is 36.6 Å². The highest BCUT2D eigenvalue weighted by molar-refractivity contribution is 5.99. The minimum atomic E-state index is -1.08. The van der Waals surface area contributed by atoms with Crippen LogP contribution in [0.5, 0.6) is 0 Å². The van der Waals surface area contributed by atoms with Crippen LogP contribution in [0.4, 0.5) is 0 Å². The normalized spacial score (nSPS) is 18.0. The van der Waals surface area contributed by atoms with Crippen LogP contribution < -0.4 is 0 Å². The maximum atomic E-state index is 11.5. The first-order chi connectivity index (χ1) is 10.0. The smallest absolute Gasteiger partial charge is 0.314 e. The van der Waals surface area contributed by atoms with Crippen molar-refractivity contribution in [3.05, 3.63) is 53.3 Å². The Hall–Kier alpha value is -2.36. The summed E-state index contributed by atoms with van der Waals surface area (Å²) in [6, 6.07) is 5.94. The monoisotopic (exact) mass is 286 g/mol. The van der Waals surface area contributed by atoms with Gasteiger partial charge in [0, 0.05) is 12.8 Å². The summed E-state index contributed by atoms with van der Waals surface area (Å²) >= 11 is 0. The highest BCUT2D eigenvalue weighted by Gasteiger charge is 2.30. The number of Topliss-reactive ketones (excluding diaryl/α,β-unsaturated/α-hetero) is 1. The lowest BCUT2D eigenvalue weighted by Gasteiger charge is -2.19. The second-order valence-electron chi connectivity index (χ2n) is 5.11. The molecule has 4 heteroatoms. The van der Waals surface area contributed by atoms with E-state index < -0.39 is 11.9 Å². The molecule has 1 aliphatic carbocycles. The summed E-state index contributed by atoms with van der Waals surface area (Å²) in [7, 11) is 0. The Labute approximate surface area is 123 Å². The van der Waals surface area contributed by atoms with Crippen LogP contribution in [0.25, 0.3) is 6.08 Å². The van der Waals surface area contributed by atoms with Crippen molar-refractivity contribution in [2.24, 2.45) is 5.92 Å². The molecule has 1 N–H and O–H groups in total. The van der Waals surface area contributed by atoms with Gasteiger partial charge in [-0.2, -0.15) is 0 Å². The van der Waals surface area contributed by atoms with Crippen LogP contribution in [-0.4, -0.2) is 16.9 Å². The van der Waals surface area contributed by atoms with Crippen molar-refractivity contribution in [1.82, 2.24) is 0 Å². The molecule has 0 aliphatic heterocycles. The van der Waals surface area contributed by atoms with Crippen molar-refractivity contribution in [3.63, 3.8) is 0 Å². The number of hydrogen-bond donors (Lipinski definition) is 1. The summed E-state index contributed by atoms with van der Waals surface area (Å²) in [6.45, 7) is 6.09. The van der Waals surface area contributed by atoms with Gasteiger partial charge in [0.1, 0.15) is 12.5 Å². The first-order valence-electron chi connectivity index (χ1n) is 6.80. The number of benzene rings is 1. The van der Waals surface area contributed by atoms with Crippen LogP contribution in [0.2, 0.25) is 0 Å². The molecule has 1 aliphatic rings. The molecule has 0 amide bonds. The van der Waals surface area contributed by atoms with E-state index in [1.54, 1.807) is 12.2 Å². The topological polar surface area (TPSA) is 63.6 Å². The molecule has 0 saturated heterocycles. The van der Waals surface area contributed by atoms with Crippen molar-refractivity contribution in [1.29, 1.82) is 0 Å². The molecule has 0 bridgehead atoms. The fourth-order valence-corrected chi connectivity index (χ4v) is 2.28. The second-order valence-corrected chi connectivity index (χ2v) is 5.11. The van der Waals surface area contributed by atoms with E-state index >= 15 is 0 Å². The number of carbonyl (C=O) groups is 2. The summed E-state index contributed by atoms with van der Waals surface area (Å²) in [6.07, 6.45) is 3.72. The van der Waals surface area contributed by atoms with E-state index in [1.807, 2.05) is 25.1 Å². The fraction of sp³-hybridized carbons (Fsp3) is 0.294. The second kappa shape index (κ2) is 6.39. The van der Waals surface area contributed by atoms with Crippen molar-refractivity contribution in [3.8, 4) is 0 Å². The molecular weight excluding hydrogens is 268 g/mol. The van der Waals surface area contributed by atoms with Crippen molar-refractivity contribution in [2.75, 3.05) is 0 Å². The Bertz CT molecular complexity index is 613. The quantitative estimate of drug-likeness (QED) is 0.845. The van der Waals surface area contributed by atoms with Gasteiger partial charge >= 0.3 is 5.97 Å². The third kappa shape index (κ3) is 3.60. The van der Waals surface area contributed by atoms with Gasteiger partial charge in [0.05, 0.1) is 5.76 Å². The van der Waals surface area contributed by atoms with Crippen molar-refractivity contribution >= 4 is 17.8 Å². The van der Waals surface area contributed by atoms with Crippen molar-refractivity contribution in [2.45, 2.75) is 26.4 Å². The van der Waals surface area contributed by atoms with Crippen LogP contribution in [0, 0.1) is 12.8 Å². The molecule has 0 heterocycles. The SMILES string of the molecule is C=Cc1ccc(COC2=CCC(=O)C(C(=O)O)C2)c(C)c1. The molecule has 0 radical (unpaired) electrons. The maximum absolute atomic E-state index is 11.5. The molecular formula is C17H18O4. The number of aryl methyl sites for hydroxylation is 1. The number of hydrogen-bond acceptors (Lipinski definition) is 3. The summed E-state index contributed by atoms with van der Waals surface area (Å²) in [5.74, 6) is -1.74. The summed E-state index contributed by atoms with van der Waals surface area (Å²) < 4.78 is 5.67. The minimum absolute atomic E-state index is 0.126. The Morgan fingerprint density at radius 2 is 2.29 bits per heavy atom. The third-order valence-corrected chi connectivity index (χ3v) is 3.64. The molecule has 1 unspecified atom stereocenters. The minimum Gasteiger partial charge on any atom is -0.494 e. The van der Waals surface area contributed by atoms with Gasteiger partial charge < -0.3 is 9.84 Å². The van der Waals surface area contributed by atoms with Gasteiger partial charge in [-0.15, -0.1) is 0 Å². The highest BCUT2D eigenvalue weighted by Crippen LogP contribution is 2.24. The fourth-order valence-electron chi connectivity index (χ4n) is 2.28. The van der Waals surface area contributed by atoms with Gasteiger partial charge in [-0.3, -0.25) is 9.59 Å². The number of rotatable bonds is 5. The lowest BCUT2D eigenvalue weighted by atomic mass is 9.92. The lowest BCUT2D eigenvalue weighted by molar-refractivity contribution is -0.146. The predicted molar refractivity (Wildman–Crippen MR) is 79.5 cm³/mol. The molecule has 0 aromatic heterocycles. The van der Waals surface area contributed by atoms with E-state index in [1.165, 1.54) is 0 Å². The Morgan fingerprint density at radius 1 is 1.52 bits per heavy atom. The molecule has 4 nitrogen and oxygen atoms in total. The zero-order valence-corrected chi connectivity index (χ0v) is 12.0. The third-order valence-electron chi connectivity index (χ3n) is 3.64. The standard InChI is InChI=1S/C17H18O4/c1-3-12-4-5-13(11(2)8-12)10-21-14-6-7-16(18)15(9-14)17(19)20/h3-6,8,15H,1,7,9-10H2,2H3,(H,19,20). The molecule has 110 valence electrons. The van der Waals surface area contributed by atoms with Crippen LogP contribution in [0.3, 0.4) is 0 Å². The van der Waals surface area contributed by atoms with Crippen LogP contribution >= 0.6 is 0 Å². The predicted octanol–water partition coefficient (Wildman–Crippen LogP) is 3.10. The van der Waals surface area contributed by atoms with Gasteiger partial charge in [0.15, 0.2) is 5.78 Å². The number of carboxylic acids is 1. The summed E-state index contributed by atoms with van der Waals surface area (Å²) in [4.78, 5) is 22.5. The van der Waals surface area contributed by atoms with Crippen LogP contribution in [-0.2, 0) is 20.9 Å². The molecule has 1 aromatic carbocycles. The summed E-state index contributed by atoms with van der Waals surface area (Å²) in [5, 5.41) is 9.00. The molecule has 0 saturated carbocycles. The highest BCUT2D eigenvalue weighted by atomic mass is 16.5. The first-order valence-corrected chi connectivity index (χ1v) is 6.80. The number of aliphatic carboxylic acids is 1. The average molecular weight is 286 g/mol. The largest absolute Gasteiger partial charge is 0.494 e. The van der Waals surface area contributed by atoms with E-state index in [0.29, 0.717) is 12.4 Å². The lowest BCUT2D eigenvalue weighted by Crippen LogP contribution is -2.27.